The maximum Gasteiger partial charge on any atom is 0.338 e. The molecule has 2 aliphatic rings. The molecule has 1 aliphatic carbocycles. The molecule has 34 heavy (non-hydrogen) atoms. The third kappa shape index (κ3) is 4.69. The molecule has 1 fully saturated rings. The zero-order valence-corrected chi connectivity index (χ0v) is 19.8. The fraction of sp³-hybridized carbons (Fsp3) is 0.391. The number of amidine groups is 1. The van der Waals surface area contributed by atoms with Gasteiger partial charge in [0.25, 0.3) is 0 Å². The summed E-state index contributed by atoms with van der Waals surface area (Å²) >= 11 is 7.50. The van der Waals surface area contributed by atoms with Crippen LogP contribution in [0.4, 0.5) is 8.78 Å². The molecule has 0 spiro atoms. The Hall–Kier alpha value is -2.85. The standard InChI is InChI=1S/C23H22ClF2N3O4S/c1-2-33-23(32)15-18(11-3-5-12(6-4-11)22(30)31)28-20(21-27-9-10-34-21)29-19(15)13-7-8-14(25)17(26)16(13)24/h7-12,19H,2-6H2,1H3,(H,28,29)(H,30,31)/t11-,12-,19?. The minimum absolute atomic E-state index is 0.0999. The van der Waals surface area contributed by atoms with Crippen molar-refractivity contribution in [3.8, 4) is 0 Å². The first-order chi connectivity index (χ1) is 16.3. The van der Waals surface area contributed by atoms with E-state index in [0.717, 1.165) is 6.07 Å². The normalized spacial score (nSPS) is 22.7. The summed E-state index contributed by atoms with van der Waals surface area (Å²) in [6.45, 7) is 1.76. The van der Waals surface area contributed by atoms with Gasteiger partial charge in [-0.1, -0.05) is 17.7 Å². The predicted octanol–water partition coefficient (Wildman–Crippen LogP) is 4.87. The van der Waals surface area contributed by atoms with E-state index in [1.165, 1.54) is 17.4 Å². The van der Waals surface area contributed by atoms with E-state index >= 15 is 0 Å². The number of carboxylic acid groups (broad SMARTS) is 1. The first-order valence-electron chi connectivity index (χ1n) is 10.8. The first-order valence-corrected chi connectivity index (χ1v) is 12.1. The van der Waals surface area contributed by atoms with Crippen molar-refractivity contribution >= 4 is 40.7 Å². The summed E-state index contributed by atoms with van der Waals surface area (Å²) in [5.41, 5.74) is 0.790. The van der Waals surface area contributed by atoms with Gasteiger partial charge in [-0.25, -0.2) is 18.6 Å². The van der Waals surface area contributed by atoms with Gasteiger partial charge < -0.3 is 15.2 Å². The number of allylic oxidation sites excluding steroid dienone is 1. The van der Waals surface area contributed by atoms with Crippen molar-refractivity contribution in [2.75, 3.05) is 6.61 Å². The zero-order chi connectivity index (χ0) is 24.4. The second kappa shape index (κ2) is 10.2. The van der Waals surface area contributed by atoms with Crippen LogP contribution in [0, 0.1) is 23.5 Å². The van der Waals surface area contributed by atoms with Crippen LogP contribution < -0.4 is 5.32 Å². The second-order valence-electron chi connectivity index (χ2n) is 8.04. The molecule has 2 N–H and O–H groups in total. The Labute approximate surface area is 203 Å². The van der Waals surface area contributed by atoms with E-state index in [2.05, 4.69) is 15.3 Å². The van der Waals surface area contributed by atoms with Gasteiger partial charge in [0.05, 0.1) is 23.1 Å². The molecular weight excluding hydrogens is 488 g/mol. The Morgan fingerprint density at radius 2 is 2.00 bits per heavy atom. The zero-order valence-electron chi connectivity index (χ0n) is 18.2. The number of hydrogen-bond acceptors (Lipinski definition) is 7. The molecule has 0 saturated heterocycles. The van der Waals surface area contributed by atoms with Crippen molar-refractivity contribution in [3.63, 3.8) is 0 Å². The Balaban J connectivity index is 1.85. The van der Waals surface area contributed by atoms with Crippen molar-refractivity contribution in [3.05, 3.63) is 62.2 Å². The number of carboxylic acids is 1. The van der Waals surface area contributed by atoms with Gasteiger partial charge in [0.15, 0.2) is 22.5 Å². The fourth-order valence-corrected chi connectivity index (χ4v) is 5.22. The Bertz CT molecular complexity index is 1160. The largest absolute Gasteiger partial charge is 0.481 e. The third-order valence-corrected chi connectivity index (χ3v) is 7.21. The molecule has 1 atom stereocenters. The number of rotatable bonds is 6. The van der Waals surface area contributed by atoms with Crippen LogP contribution >= 0.6 is 22.9 Å². The molecule has 1 saturated carbocycles. The number of carbonyl (C=O) groups excluding carboxylic acids is 1. The molecule has 7 nitrogen and oxygen atoms in total. The van der Waals surface area contributed by atoms with E-state index in [1.54, 1.807) is 18.5 Å². The molecule has 2 heterocycles. The number of nitrogens with zero attached hydrogens (tertiary/aromatic N) is 2. The average molecular weight is 510 g/mol. The summed E-state index contributed by atoms with van der Waals surface area (Å²) < 4.78 is 33.5. The van der Waals surface area contributed by atoms with E-state index < -0.39 is 40.6 Å². The topological polar surface area (TPSA) is 101 Å². The van der Waals surface area contributed by atoms with E-state index in [1.807, 2.05) is 0 Å². The van der Waals surface area contributed by atoms with Crippen molar-refractivity contribution in [1.29, 1.82) is 0 Å². The molecule has 4 rings (SSSR count). The van der Waals surface area contributed by atoms with Gasteiger partial charge in [-0.05, 0) is 44.6 Å². The van der Waals surface area contributed by atoms with Gasteiger partial charge in [0.1, 0.15) is 6.04 Å². The lowest BCUT2D eigenvalue weighted by atomic mass is 9.78. The van der Waals surface area contributed by atoms with E-state index in [0.29, 0.717) is 42.2 Å². The Kier molecular flexibility index (Phi) is 7.27. The molecular formula is C23H22ClF2N3O4S. The SMILES string of the molecule is CCOC(=O)C1=C([C@H]2CC[C@H](C(=O)O)CC2)NC(c2nccs2)=NC1c1ccc(F)c(F)c1Cl. The Morgan fingerprint density at radius 1 is 1.26 bits per heavy atom. The lowest BCUT2D eigenvalue weighted by molar-refractivity contribution is -0.143. The van der Waals surface area contributed by atoms with Crippen LogP contribution in [0.5, 0.6) is 0 Å². The van der Waals surface area contributed by atoms with Gasteiger partial charge in [-0.2, -0.15) is 0 Å². The molecule has 0 radical (unpaired) electrons. The van der Waals surface area contributed by atoms with Crippen LogP contribution in [-0.2, 0) is 14.3 Å². The molecule has 2 aromatic rings. The van der Waals surface area contributed by atoms with E-state index in [4.69, 9.17) is 16.3 Å². The minimum atomic E-state index is -1.23. The summed E-state index contributed by atoms with van der Waals surface area (Å²) in [7, 11) is 0. The van der Waals surface area contributed by atoms with Crippen molar-refractivity contribution in [2.24, 2.45) is 16.8 Å². The smallest absolute Gasteiger partial charge is 0.338 e. The minimum Gasteiger partial charge on any atom is -0.481 e. The van der Waals surface area contributed by atoms with Crippen LogP contribution in [0.15, 0.2) is 40.0 Å². The highest BCUT2D eigenvalue weighted by atomic mass is 35.5. The van der Waals surface area contributed by atoms with Gasteiger partial charge >= 0.3 is 11.9 Å². The van der Waals surface area contributed by atoms with Crippen LogP contribution in [-0.4, -0.2) is 34.5 Å². The number of halogens is 3. The maximum atomic E-state index is 14.4. The van der Waals surface area contributed by atoms with Crippen molar-refractivity contribution in [2.45, 2.75) is 38.6 Å². The molecule has 1 aromatic carbocycles. The van der Waals surface area contributed by atoms with Crippen LogP contribution in [0.2, 0.25) is 5.02 Å². The molecule has 0 amide bonds. The number of nitrogens with one attached hydrogen (secondary N) is 1. The molecule has 1 aromatic heterocycles. The first kappa shape index (κ1) is 24.3. The van der Waals surface area contributed by atoms with Gasteiger partial charge in [-0.15, -0.1) is 11.3 Å². The number of benzene rings is 1. The highest BCUT2D eigenvalue weighted by molar-refractivity contribution is 7.11. The fourth-order valence-electron chi connectivity index (χ4n) is 4.38. The van der Waals surface area contributed by atoms with Crippen molar-refractivity contribution in [1.82, 2.24) is 10.3 Å². The summed E-state index contributed by atoms with van der Waals surface area (Å²) in [4.78, 5) is 33.5. The summed E-state index contributed by atoms with van der Waals surface area (Å²) in [6, 6.07) is 1.18. The van der Waals surface area contributed by atoms with Gasteiger partial charge in [0.2, 0.25) is 0 Å². The number of aromatic nitrogens is 1. The van der Waals surface area contributed by atoms with Gasteiger partial charge in [0, 0.05) is 22.8 Å². The van der Waals surface area contributed by atoms with Crippen molar-refractivity contribution < 1.29 is 28.2 Å². The lowest BCUT2D eigenvalue weighted by Crippen LogP contribution is -2.38. The molecule has 11 heteroatoms. The highest BCUT2D eigenvalue weighted by Gasteiger charge is 2.39. The quantitative estimate of drug-likeness (QED) is 0.425. The average Bonchev–Trinajstić information content (AvgIpc) is 3.37. The van der Waals surface area contributed by atoms with Crippen LogP contribution in [0.25, 0.3) is 0 Å². The number of aliphatic imine (C=N–C) groups is 1. The number of thiazole rings is 1. The Morgan fingerprint density at radius 3 is 2.62 bits per heavy atom. The van der Waals surface area contributed by atoms with E-state index in [-0.39, 0.29) is 23.7 Å². The monoisotopic (exact) mass is 509 g/mol. The summed E-state index contributed by atoms with van der Waals surface area (Å²) in [5.74, 6) is -4.10. The summed E-state index contributed by atoms with van der Waals surface area (Å²) in [5, 5.41) is 14.4. The summed E-state index contributed by atoms with van der Waals surface area (Å²) in [6.07, 6.45) is 3.53. The molecule has 1 unspecified atom stereocenters. The van der Waals surface area contributed by atoms with Crippen LogP contribution in [0.1, 0.15) is 49.2 Å². The molecule has 0 bridgehead atoms. The second-order valence-corrected chi connectivity index (χ2v) is 9.31. The number of carbonyl (C=O) groups is 2. The third-order valence-electron chi connectivity index (χ3n) is 6.05. The van der Waals surface area contributed by atoms with Crippen LogP contribution in [0.3, 0.4) is 0 Å². The van der Waals surface area contributed by atoms with Gasteiger partial charge in [-0.3, -0.25) is 9.79 Å². The molecule has 1 aliphatic heterocycles. The highest BCUT2D eigenvalue weighted by Crippen LogP contribution is 2.42. The number of hydrogen-bond donors (Lipinski definition) is 2. The molecule has 180 valence electrons. The van der Waals surface area contributed by atoms with E-state index in [9.17, 15) is 23.5 Å². The number of ether oxygens (including phenoxy) is 1. The maximum absolute atomic E-state index is 14.4. The predicted molar refractivity (Wildman–Crippen MR) is 123 cm³/mol. The number of esters is 1. The lowest BCUT2D eigenvalue weighted by Gasteiger charge is -2.34. The number of aliphatic carboxylic acids is 1.